The van der Waals surface area contributed by atoms with Gasteiger partial charge in [0, 0.05) is 36.8 Å². The summed E-state index contributed by atoms with van der Waals surface area (Å²) in [7, 11) is -3.37. The zero-order valence-electron chi connectivity index (χ0n) is 16.4. The number of rotatable bonds is 7. The molecule has 0 radical (unpaired) electrons. The van der Waals surface area contributed by atoms with Crippen LogP contribution in [0.15, 0.2) is 54.1 Å². The molecule has 0 spiro atoms. The van der Waals surface area contributed by atoms with Crippen molar-refractivity contribution in [3.8, 4) is 11.5 Å². The second kappa shape index (κ2) is 8.42. The van der Waals surface area contributed by atoms with Crippen molar-refractivity contribution in [3.63, 3.8) is 0 Å². The average Bonchev–Trinajstić information content (AvgIpc) is 3.36. The van der Waals surface area contributed by atoms with Crippen LogP contribution in [0, 0.1) is 0 Å². The molecule has 1 fully saturated rings. The van der Waals surface area contributed by atoms with Gasteiger partial charge < -0.3 is 20.1 Å². The van der Waals surface area contributed by atoms with Gasteiger partial charge in [0.15, 0.2) is 14.9 Å². The van der Waals surface area contributed by atoms with Crippen molar-refractivity contribution in [3.05, 3.63) is 54.6 Å². The minimum absolute atomic E-state index is 0.00573. The van der Waals surface area contributed by atoms with Crippen LogP contribution in [0.25, 0.3) is 0 Å². The quantitative estimate of drug-likeness (QED) is 0.524. The van der Waals surface area contributed by atoms with E-state index in [1.165, 1.54) is 12.3 Å². The fraction of sp³-hybridized carbons (Fsp3) is 0.300. The van der Waals surface area contributed by atoms with E-state index in [0.717, 1.165) is 36.9 Å². The van der Waals surface area contributed by atoms with Crippen LogP contribution in [0.1, 0.15) is 18.4 Å². The maximum absolute atomic E-state index is 11.6. The van der Waals surface area contributed by atoms with E-state index in [0.29, 0.717) is 23.9 Å². The lowest BCUT2D eigenvalue weighted by Crippen LogP contribution is -2.28. The van der Waals surface area contributed by atoms with Crippen LogP contribution < -0.4 is 10.1 Å². The minimum atomic E-state index is -3.37. The van der Waals surface area contributed by atoms with Gasteiger partial charge in [-0.1, -0.05) is 0 Å². The number of aliphatic hydroxyl groups is 1. The van der Waals surface area contributed by atoms with Gasteiger partial charge in [-0.15, -0.1) is 0 Å². The number of hydrogen-bond acceptors (Lipinski definition) is 8. The first-order chi connectivity index (χ1) is 14.4. The van der Waals surface area contributed by atoms with Crippen LogP contribution in [0.5, 0.6) is 11.5 Å². The third-order valence-corrected chi connectivity index (χ3v) is 5.85. The van der Waals surface area contributed by atoms with Gasteiger partial charge in [-0.2, -0.15) is 0 Å². The van der Waals surface area contributed by atoms with E-state index in [2.05, 4.69) is 20.3 Å². The number of likely N-dealkylation sites (tertiary alicyclic amines) is 1. The SMILES string of the molecule is CS(=O)(=O)c1ccc(Oc2ccc(Nc3c[nH]cn3)cc2CN2CCCC2O)cn1. The summed E-state index contributed by atoms with van der Waals surface area (Å²) >= 11 is 0. The molecule has 158 valence electrons. The summed E-state index contributed by atoms with van der Waals surface area (Å²) in [6.45, 7) is 1.32. The molecule has 10 heteroatoms. The average molecular weight is 430 g/mol. The van der Waals surface area contributed by atoms with E-state index < -0.39 is 16.1 Å². The smallest absolute Gasteiger partial charge is 0.192 e. The summed E-state index contributed by atoms with van der Waals surface area (Å²) in [5.41, 5.74) is 1.72. The summed E-state index contributed by atoms with van der Waals surface area (Å²) in [5, 5.41) is 13.4. The third-order valence-electron chi connectivity index (χ3n) is 4.85. The molecule has 30 heavy (non-hydrogen) atoms. The van der Waals surface area contributed by atoms with E-state index in [1.54, 1.807) is 18.6 Å². The van der Waals surface area contributed by atoms with Gasteiger partial charge in [-0.25, -0.2) is 18.4 Å². The first kappa shape index (κ1) is 20.3. The number of aromatic amines is 1. The number of H-pyrrole nitrogens is 1. The fourth-order valence-corrected chi connectivity index (χ4v) is 3.90. The van der Waals surface area contributed by atoms with Crippen LogP contribution in [0.4, 0.5) is 11.5 Å². The molecule has 4 rings (SSSR count). The normalized spacial score (nSPS) is 17.2. The molecule has 1 aliphatic rings. The first-order valence-corrected chi connectivity index (χ1v) is 11.4. The molecule has 0 saturated carbocycles. The van der Waals surface area contributed by atoms with Crippen LogP contribution in [0.2, 0.25) is 0 Å². The van der Waals surface area contributed by atoms with Gasteiger partial charge in [0.2, 0.25) is 0 Å². The molecule has 0 bridgehead atoms. The lowest BCUT2D eigenvalue weighted by Gasteiger charge is -2.22. The van der Waals surface area contributed by atoms with Gasteiger partial charge in [0.05, 0.1) is 12.5 Å². The van der Waals surface area contributed by atoms with Gasteiger partial charge in [0.1, 0.15) is 23.5 Å². The van der Waals surface area contributed by atoms with Crippen LogP contribution in [-0.4, -0.2) is 52.4 Å². The summed E-state index contributed by atoms with van der Waals surface area (Å²) < 4.78 is 29.2. The number of ether oxygens (including phenoxy) is 1. The Morgan fingerprint density at radius 2 is 2.17 bits per heavy atom. The van der Waals surface area contributed by atoms with Crippen molar-refractivity contribution >= 4 is 21.3 Å². The molecule has 1 saturated heterocycles. The maximum Gasteiger partial charge on any atom is 0.192 e. The maximum atomic E-state index is 11.6. The van der Waals surface area contributed by atoms with E-state index in [1.807, 2.05) is 23.1 Å². The second-order valence-corrected chi connectivity index (χ2v) is 9.16. The number of nitrogens with one attached hydrogen (secondary N) is 2. The number of anilines is 2. The lowest BCUT2D eigenvalue weighted by atomic mass is 10.1. The molecule has 3 heterocycles. The Morgan fingerprint density at radius 3 is 2.80 bits per heavy atom. The number of pyridine rings is 1. The van der Waals surface area contributed by atoms with Crippen molar-refractivity contribution in [1.82, 2.24) is 19.9 Å². The number of aliphatic hydroxyl groups excluding tert-OH is 1. The molecule has 0 amide bonds. The van der Waals surface area contributed by atoms with E-state index in [9.17, 15) is 13.5 Å². The number of imidazole rings is 1. The molecular formula is C20H23N5O4S. The summed E-state index contributed by atoms with van der Waals surface area (Å²) in [6, 6.07) is 8.65. The second-order valence-electron chi connectivity index (χ2n) is 7.20. The standard InChI is InChI=1S/C20H23N5O4S/c1-30(27,28)19-7-5-16(10-22-19)29-17-6-4-15(24-18-11-21-13-23-18)9-14(17)12-25-8-2-3-20(25)26/h4-7,9-11,13,20,24,26H,2-3,8,12H2,1H3,(H,21,23). The molecule has 1 aromatic carbocycles. The topological polar surface area (TPSA) is 120 Å². The Balaban J connectivity index is 1.60. The fourth-order valence-electron chi connectivity index (χ4n) is 3.34. The lowest BCUT2D eigenvalue weighted by molar-refractivity contribution is 0.0325. The molecule has 9 nitrogen and oxygen atoms in total. The third kappa shape index (κ3) is 4.78. The monoisotopic (exact) mass is 429 g/mol. The van der Waals surface area contributed by atoms with Crippen molar-refractivity contribution < 1.29 is 18.3 Å². The highest BCUT2D eigenvalue weighted by Crippen LogP contribution is 2.31. The Morgan fingerprint density at radius 1 is 1.30 bits per heavy atom. The van der Waals surface area contributed by atoms with Crippen molar-refractivity contribution in [2.45, 2.75) is 30.6 Å². The van der Waals surface area contributed by atoms with Crippen molar-refractivity contribution in [2.24, 2.45) is 0 Å². The van der Waals surface area contributed by atoms with Crippen LogP contribution in [-0.2, 0) is 16.4 Å². The van der Waals surface area contributed by atoms with E-state index >= 15 is 0 Å². The van der Waals surface area contributed by atoms with Gasteiger partial charge in [-0.3, -0.25) is 4.90 Å². The van der Waals surface area contributed by atoms with E-state index in [4.69, 9.17) is 4.74 Å². The molecular weight excluding hydrogens is 406 g/mol. The van der Waals surface area contributed by atoms with E-state index in [-0.39, 0.29) is 5.03 Å². The molecule has 1 atom stereocenters. The minimum Gasteiger partial charge on any atom is -0.455 e. The highest BCUT2D eigenvalue weighted by atomic mass is 32.2. The number of sulfone groups is 1. The number of nitrogens with zero attached hydrogens (tertiary/aromatic N) is 3. The predicted octanol–water partition coefficient (Wildman–Crippen LogP) is 2.66. The summed E-state index contributed by atoms with van der Waals surface area (Å²) in [5.74, 6) is 1.73. The predicted molar refractivity (Wildman–Crippen MR) is 111 cm³/mol. The molecule has 1 aliphatic heterocycles. The molecule has 3 aromatic rings. The van der Waals surface area contributed by atoms with Crippen molar-refractivity contribution in [1.29, 1.82) is 0 Å². The van der Waals surface area contributed by atoms with Gasteiger partial charge >= 0.3 is 0 Å². The number of benzene rings is 1. The highest BCUT2D eigenvalue weighted by Gasteiger charge is 2.23. The molecule has 0 aliphatic carbocycles. The molecule has 1 unspecified atom stereocenters. The Hall–Kier alpha value is -2.95. The Kier molecular flexibility index (Phi) is 5.71. The van der Waals surface area contributed by atoms with Crippen LogP contribution in [0.3, 0.4) is 0 Å². The molecule has 2 aromatic heterocycles. The zero-order valence-corrected chi connectivity index (χ0v) is 17.3. The highest BCUT2D eigenvalue weighted by molar-refractivity contribution is 7.90. The number of aromatic nitrogens is 3. The largest absolute Gasteiger partial charge is 0.455 e. The Labute approximate surface area is 174 Å². The van der Waals surface area contributed by atoms with Gasteiger partial charge in [0.25, 0.3) is 0 Å². The number of hydrogen-bond donors (Lipinski definition) is 3. The molecule has 3 N–H and O–H groups in total. The first-order valence-electron chi connectivity index (χ1n) is 9.53. The van der Waals surface area contributed by atoms with Crippen LogP contribution >= 0.6 is 0 Å². The summed E-state index contributed by atoms with van der Waals surface area (Å²) in [6.07, 6.45) is 7.06. The van der Waals surface area contributed by atoms with Gasteiger partial charge in [-0.05, 0) is 43.2 Å². The zero-order chi connectivity index (χ0) is 21.1. The summed E-state index contributed by atoms with van der Waals surface area (Å²) in [4.78, 5) is 13.0. The Bertz CT molecular complexity index is 1100. The van der Waals surface area contributed by atoms with Crippen molar-refractivity contribution in [2.75, 3.05) is 18.1 Å².